The molecule has 3 nitrogen and oxygen atoms in total. The molecule has 0 unspecified atom stereocenters. The number of hydrogen-bond donors (Lipinski definition) is 1. The van der Waals surface area contributed by atoms with Crippen LogP contribution in [0.5, 0.6) is 0 Å². The summed E-state index contributed by atoms with van der Waals surface area (Å²) < 4.78 is 1.98. The van der Waals surface area contributed by atoms with Gasteiger partial charge < -0.3 is 10.3 Å². The van der Waals surface area contributed by atoms with Gasteiger partial charge in [-0.25, -0.2) is 4.98 Å². The molecule has 1 aliphatic rings. The Morgan fingerprint density at radius 1 is 1.38 bits per heavy atom. The van der Waals surface area contributed by atoms with Crippen molar-refractivity contribution in [2.24, 2.45) is 12.8 Å². The van der Waals surface area contributed by atoms with Gasteiger partial charge in [0.15, 0.2) is 0 Å². The van der Waals surface area contributed by atoms with Gasteiger partial charge in [0.2, 0.25) is 0 Å². The Morgan fingerprint density at radius 2 is 2.06 bits per heavy atom. The molecule has 90 valence electrons. The van der Waals surface area contributed by atoms with E-state index < -0.39 is 0 Å². The van der Waals surface area contributed by atoms with Gasteiger partial charge in [-0.3, -0.25) is 0 Å². The largest absolute Gasteiger partial charge is 0.330 e. The van der Waals surface area contributed by atoms with E-state index in [4.69, 9.17) is 17.3 Å². The normalized spacial score (nSPS) is 17.9. The standard InChI is InChI=1S/C12H20ClN3/c1-16-10(7-8-14)15-11(12(16)13)9-5-3-2-4-6-9/h9H,2-8,14H2,1H3. The summed E-state index contributed by atoms with van der Waals surface area (Å²) in [7, 11) is 1.98. The van der Waals surface area contributed by atoms with Gasteiger partial charge in [0.05, 0.1) is 5.69 Å². The second-order valence-corrected chi connectivity index (χ2v) is 4.99. The predicted molar refractivity (Wildman–Crippen MR) is 66.8 cm³/mol. The summed E-state index contributed by atoms with van der Waals surface area (Å²) in [5, 5.41) is 0.815. The molecule has 0 saturated heterocycles. The lowest BCUT2D eigenvalue weighted by Crippen LogP contribution is -2.08. The van der Waals surface area contributed by atoms with Gasteiger partial charge in [-0.2, -0.15) is 0 Å². The number of rotatable bonds is 3. The Balaban J connectivity index is 2.22. The average molecular weight is 242 g/mol. The highest BCUT2D eigenvalue weighted by Gasteiger charge is 2.23. The molecular formula is C12H20ClN3. The van der Waals surface area contributed by atoms with Crippen LogP contribution in [0.1, 0.15) is 49.5 Å². The zero-order chi connectivity index (χ0) is 11.5. The fraction of sp³-hybridized carbons (Fsp3) is 0.750. The predicted octanol–water partition coefficient (Wildman–Crippen LogP) is 2.62. The van der Waals surface area contributed by atoms with Crippen LogP contribution in [0.15, 0.2) is 0 Å². The first-order chi connectivity index (χ1) is 7.74. The number of aromatic nitrogens is 2. The molecule has 0 aromatic carbocycles. The quantitative estimate of drug-likeness (QED) is 0.884. The topological polar surface area (TPSA) is 43.8 Å². The zero-order valence-electron chi connectivity index (χ0n) is 9.88. The minimum absolute atomic E-state index is 0.568. The second kappa shape index (κ2) is 5.19. The number of hydrogen-bond acceptors (Lipinski definition) is 2. The number of nitrogens with zero attached hydrogens (tertiary/aromatic N) is 2. The molecular weight excluding hydrogens is 222 g/mol. The summed E-state index contributed by atoms with van der Waals surface area (Å²) >= 11 is 6.34. The molecule has 2 rings (SSSR count). The van der Waals surface area contributed by atoms with Crippen LogP contribution in [0, 0.1) is 0 Å². The van der Waals surface area contributed by atoms with Crippen LogP contribution < -0.4 is 5.73 Å². The molecule has 0 aliphatic heterocycles. The smallest absolute Gasteiger partial charge is 0.132 e. The van der Waals surface area contributed by atoms with Gasteiger partial charge in [0, 0.05) is 19.4 Å². The number of nitrogens with two attached hydrogens (primary N) is 1. The lowest BCUT2D eigenvalue weighted by Gasteiger charge is -2.19. The van der Waals surface area contributed by atoms with Crippen molar-refractivity contribution in [3.63, 3.8) is 0 Å². The van der Waals surface area contributed by atoms with Gasteiger partial charge >= 0.3 is 0 Å². The number of imidazole rings is 1. The maximum atomic E-state index is 6.34. The zero-order valence-corrected chi connectivity index (χ0v) is 10.6. The summed E-state index contributed by atoms with van der Waals surface area (Å²) in [6.07, 6.45) is 7.25. The summed E-state index contributed by atoms with van der Waals surface area (Å²) in [4.78, 5) is 4.67. The van der Waals surface area contributed by atoms with Gasteiger partial charge in [-0.15, -0.1) is 0 Å². The van der Waals surface area contributed by atoms with Crippen LogP contribution in [-0.4, -0.2) is 16.1 Å². The first kappa shape index (κ1) is 11.9. The van der Waals surface area contributed by atoms with Crippen LogP contribution in [0.2, 0.25) is 5.15 Å². The van der Waals surface area contributed by atoms with E-state index in [2.05, 4.69) is 4.98 Å². The number of halogens is 1. The molecule has 1 aliphatic carbocycles. The molecule has 1 aromatic heterocycles. The van der Waals surface area contributed by atoms with E-state index in [0.717, 1.165) is 23.1 Å². The fourth-order valence-corrected chi connectivity index (χ4v) is 2.83. The van der Waals surface area contributed by atoms with Crippen LogP contribution >= 0.6 is 11.6 Å². The molecule has 4 heteroatoms. The maximum Gasteiger partial charge on any atom is 0.132 e. The Morgan fingerprint density at radius 3 is 2.69 bits per heavy atom. The van der Waals surface area contributed by atoms with E-state index >= 15 is 0 Å². The fourth-order valence-electron chi connectivity index (χ4n) is 2.53. The minimum atomic E-state index is 0.568. The highest BCUT2D eigenvalue weighted by molar-refractivity contribution is 6.30. The van der Waals surface area contributed by atoms with Crippen molar-refractivity contribution in [3.8, 4) is 0 Å². The van der Waals surface area contributed by atoms with Gasteiger partial charge in [0.1, 0.15) is 11.0 Å². The molecule has 16 heavy (non-hydrogen) atoms. The van der Waals surface area contributed by atoms with Crippen LogP contribution in [0.3, 0.4) is 0 Å². The van der Waals surface area contributed by atoms with E-state index in [1.807, 2.05) is 11.6 Å². The summed E-state index contributed by atoms with van der Waals surface area (Å²) in [6.45, 7) is 0.630. The molecule has 0 bridgehead atoms. The van der Waals surface area contributed by atoms with E-state index in [0.29, 0.717) is 12.5 Å². The Kier molecular flexibility index (Phi) is 3.87. The van der Waals surface area contributed by atoms with E-state index in [9.17, 15) is 0 Å². The van der Waals surface area contributed by atoms with Crippen LogP contribution in [0.4, 0.5) is 0 Å². The van der Waals surface area contributed by atoms with Gasteiger partial charge in [-0.05, 0) is 19.4 Å². The molecule has 0 amide bonds. The molecule has 0 atom stereocenters. The molecule has 0 spiro atoms. The molecule has 1 saturated carbocycles. The van der Waals surface area contributed by atoms with Crippen molar-refractivity contribution in [3.05, 3.63) is 16.7 Å². The summed E-state index contributed by atoms with van der Waals surface area (Å²) in [6, 6.07) is 0. The maximum absolute atomic E-state index is 6.34. The molecule has 0 radical (unpaired) electrons. The first-order valence-electron chi connectivity index (χ1n) is 6.15. The minimum Gasteiger partial charge on any atom is -0.330 e. The monoisotopic (exact) mass is 241 g/mol. The SMILES string of the molecule is Cn1c(CCN)nc(C2CCCCC2)c1Cl. The van der Waals surface area contributed by atoms with Crippen molar-refractivity contribution in [1.82, 2.24) is 9.55 Å². The van der Waals surface area contributed by atoms with Crippen molar-refractivity contribution in [2.75, 3.05) is 6.54 Å². The van der Waals surface area contributed by atoms with Gasteiger partial charge in [-0.1, -0.05) is 30.9 Å². The molecule has 1 heterocycles. The van der Waals surface area contributed by atoms with E-state index in [1.54, 1.807) is 0 Å². The lowest BCUT2D eigenvalue weighted by molar-refractivity contribution is 0.437. The van der Waals surface area contributed by atoms with Crippen LogP contribution in [0.25, 0.3) is 0 Å². The van der Waals surface area contributed by atoms with Crippen LogP contribution in [-0.2, 0) is 13.5 Å². The van der Waals surface area contributed by atoms with E-state index in [1.165, 1.54) is 32.1 Å². The van der Waals surface area contributed by atoms with E-state index in [-0.39, 0.29) is 0 Å². The average Bonchev–Trinajstić information content (AvgIpc) is 2.59. The summed E-state index contributed by atoms with van der Waals surface area (Å²) in [5.74, 6) is 1.59. The van der Waals surface area contributed by atoms with Crippen molar-refractivity contribution in [1.29, 1.82) is 0 Å². The highest BCUT2D eigenvalue weighted by atomic mass is 35.5. The van der Waals surface area contributed by atoms with Crippen molar-refractivity contribution in [2.45, 2.75) is 44.4 Å². The lowest BCUT2D eigenvalue weighted by atomic mass is 9.87. The highest BCUT2D eigenvalue weighted by Crippen LogP contribution is 2.35. The third kappa shape index (κ3) is 2.25. The molecule has 1 fully saturated rings. The summed E-state index contributed by atoms with van der Waals surface area (Å²) in [5.41, 5.74) is 6.67. The molecule has 1 aromatic rings. The van der Waals surface area contributed by atoms with Crippen molar-refractivity contribution >= 4 is 11.6 Å². The van der Waals surface area contributed by atoms with Crippen molar-refractivity contribution < 1.29 is 0 Å². The first-order valence-corrected chi connectivity index (χ1v) is 6.53. The third-order valence-electron chi connectivity index (χ3n) is 3.50. The Hall–Kier alpha value is -0.540. The Bertz CT molecular complexity index is 353. The van der Waals surface area contributed by atoms with Gasteiger partial charge in [0.25, 0.3) is 0 Å². The Labute approximate surface area is 102 Å². The third-order valence-corrected chi connectivity index (χ3v) is 3.95. The molecule has 2 N–H and O–H groups in total. The second-order valence-electron chi connectivity index (χ2n) is 4.64.